The number of hydrogen-bond donors (Lipinski definition) is 1. The molecule has 0 radical (unpaired) electrons. The molecule has 0 amide bonds. The summed E-state index contributed by atoms with van der Waals surface area (Å²) in [5.74, 6) is 0.752. The quantitative estimate of drug-likeness (QED) is 0.730. The molecule has 2 nitrogen and oxygen atoms in total. The largest absolute Gasteiger partial charge is 0.311 e. The number of aromatic nitrogens is 1. The third-order valence-electron chi connectivity index (χ3n) is 3.63. The van der Waals surface area contributed by atoms with Gasteiger partial charge in [-0.2, -0.15) is 0 Å². The summed E-state index contributed by atoms with van der Waals surface area (Å²) in [7, 11) is 0. The molecule has 14 heavy (non-hydrogen) atoms. The zero-order valence-electron chi connectivity index (χ0n) is 8.32. The lowest BCUT2D eigenvalue weighted by Gasteiger charge is -2.29. The van der Waals surface area contributed by atoms with Crippen LogP contribution in [0.1, 0.15) is 37.2 Å². The minimum atomic E-state index is 0.752. The number of nitrogens with one attached hydrogen (secondary N) is 1. The van der Waals surface area contributed by atoms with Crippen molar-refractivity contribution in [3.63, 3.8) is 0 Å². The van der Waals surface area contributed by atoms with Gasteiger partial charge in [-0.25, -0.2) is 0 Å². The minimum absolute atomic E-state index is 0.752. The molecule has 3 rings (SSSR count). The molecule has 1 N–H and O–H groups in total. The van der Waals surface area contributed by atoms with Gasteiger partial charge in [0, 0.05) is 24.5 Å². The summed E-state index contributed by atoms with van der Waals surface area (Å²) in [6.45, 7) is 0. The summed E-state index contributed by atoms with van der Waals surface area (Å²) in [5, 5.41) is 3.67. The lowest BCUT2D eigenvalue weighted by atomic mass is 9.87. The van der Waals surface area contributed by atoms with Gasteiger partial charge in [0.2, 0.25) is 0 Å². The molecule has 74 valence electrons. The summed E-state index contributed by atoms with van der Waals surface area (Å²) in [4.78, 5) is 4.21. The maximum Gasteiger partial charge on any atom is 0.0302 e. The fourth-order valence-corrected chi connectivity index (χ4v) is 2.95. The average molecular weight is 188 g/mol. The Morgan fingerprint density at radius 2 is 2.00 bits per heavy atom. The third-order valence-corrected chi connectivity index (χ3v) is 3.63. The molecule has 3 heterocycles. The molecule has 2 heteroatoms. The molecule has 2 fully saturated rings. The molecule has 1 aromatic heterocycles. The van der Waals surface area contributed by atoms with Crippen molar-refractivity contribution in [1.82, 2.24) is 10.3 Å². The van der Waals surface area contributed by atoms with Crippen LogP contribution < -0.4 is 5.32 Å². The molecule has 2 saturated heterocycles. The van der Waals surface area contributed by atoms with Crippen molar-refractivity contribution < 1.29 is 0 Å². The van der Waals surface area contributed by atoms with E-state index in [-0.39, 0.29) is 0 Å². The predicted molar refractivity (Wildman–Crippen MR) is 56.2 cm³/mol. The van der Waals surface area contributed by atoms with E-state index in [2.05, 4.69) is 22.4 Å². The van der Waals surface area contributed by atoms with Gasteiger partial charge in [-0.05, 0) is 43.2 Å². The summed E-state index contributed by atoms with van der Waals surface area (Å²) >= 11 is 0. The van der Waals surface area contributed by atoms with Gasteiger partial charge in [0.05, 0.1) is 0 Å². The van der Waals surface area contributed by atoms with Crippen molar-refractivity contribution in [2.75, 3.05) is 0 Å². The van der Waals surface area contributed by atoms with E-state index < -0.39 is 0 Å². The maximum absolute atomic E-state index is 4.21. The Hall–Kier alpha value is -0.890. The van der Waals surface area contributed by atoms with E-state index in [1.54, 1.807) is 0 Å². The standard InChI is InChI=1S/C12H16N2/c1-2-9(8-13-5-1)10-6-11-3-4-12(7-10)14-11/h1-2,5,8,10-12,14H,3-4,6-7H2/t10-,11+,12-. The highest BCUT2D eigenvalue weighted by Gasteiger charge is 2.33. The Labute approximate surface area is 84.7 Å². The summed E-state index contributed by atoms with van der Waals surface area (Å²) < 4.78 is 0. The molecule has 0 saturated carbocycles. The minimum Gasteiger partial charge on any atom is -0.311 e. The second kappa shape index (κ2) is 3.35. The van der Waals surface area contributed by atoms with Crippen LogP contribution in [-0.2, 0) is 0 Å². The first-order valence-electron chi connectivity index (χ1n) is 5.58. The van der Waals surface area contributed by atoms with Crippen molar-refractivity contribution >= 4 is 0 Å². The molecule has 0 unspecified atom stereocenters. The number of fused-ring (bicyclic) bond motifs is 2. The van der Waals surface area contributed by atoms with Crippen molar-refractivity contribution in [2.24, 2.45) is 0 Å². The third kappa shape index (κ3) is 1.44. The van der Waals surface area contributed by atoms with Crippen LogP contribution in [0.3, 0.4) is 0 Å². The highest BCUT2D eigenvalue weighted by Crippen LogP contribution is 2.36. The van der Waals surface area contributed by atoms with Crippen molar-refractivity contribution in [1.29, 1.82) is 0 Å². The van der Waals surface area contributed by atoms with Gasteiger partial charge in [-0.15, -0.1) is 0 Å². The maximum atomic E-state index is 4.21. The Morgan fingerprint density at radius 1 is 1.21 bits per heavy atom. The highest BCUT2D eigenvalue weighted by atomic mass is 15.0. The molecule has 0 aliphatic carbocycles. The molecule has 3 atom stereocenters. The first kappa shape index (κ1) is 8.42. The van der Waals surface area contributed by atoms with Crippen molar-refractivity contribution in [3.8, 4) is 0 Å². The van der Waals surface area contributed by atoms with E-state index in [0.29, 0.717) is 0 Å². The van der Waals surface area contributed by atoms with Gasteiger partial charge in [-0.1, -0.05) is 6.07 Å². The van der Waals surface area contributed by atoms with Crippen molar-refractivity contribution in [2.45, 2.75) is 43.7 Å². The molecule has 2 aliphatic heterocycles. The van der Waals surface area contributed by atoms with Crippen LogP contribution in [0, 0.1) is 0 Å². The smallest absolute Gasteiger partial charge is 0.0302 e. The normalized spacial score (nSPS) is 35.9. The van der Waals surface area contributed by atoms with Crippen LogP contribution in [0.15, 0.2) is 24.5 Å². The number of pyridine rings is 1. The Balaban J connectivity index is 1.81. The topological polar surface area (TPSA) is 24.9 Å². The molecular formula is C12H16N2. The van der Waals surface area contributed by atoms with Crippen LogP contribution >= 0.6 is 0 Å². The van der Waals surface area contributed by atoms with Crippen LogP contribution in [0.5, 0.6) is 0 Å². The van der Waals surface area contributed by atoms with Crippen LogP contribution in [0.2, 0.25) is 0 Å². The van der Waals surface area contributed by atoms with Crippen molar-refractivity contribution in [3.05, 3.63) is 30.1 Å². The zero-order valence-corrected chi connectivity index (χ0v) is 8.32. The second-order valence-electron chi connectivity index (χ2n) is 4.59. The molecule has 0 aromatic carbocycles. The predicted octanol–water partition coefficient (Wildman–Crippen LogP) is 2.08. The van der Waals surface area contributed by atoms with Gasteiger partial charge in [0.15, 0.2) is 0 Å². The number of hydrogen-bond acceptors (Lipinski definition) is 2. The van der Waals surface area contributed by atoms with Gasteiger partial charge >= 0.3 is 0 Å². The van der Waals surface area contributed by atoms with Gasteiger partial charge in [0.25, 0.3) is 0 Å². The fourth-order valence-electron chi connectivity index (χ4n) is 2.95. The lowest BCUT2D eigenvalue weighted by Crippen LogP contribution is -2.37. The molecular weight excluding hydrogens is 172 g/mol. The number of rotatable bonds is 1. The van der Waals surface area contributed by atoms with E-state index in [9.17, 15) is 0 Å². The fraction of sp³-hybridized carbons (Fsp3) is 0.583. The molecule has 2 aliphatic rings. The van der Waals surface area contributed by atoms with Gasteiger partial charge in [-0.3, -0.25) is 4.98 Å². The van der Waals surface area contributed by atoms with Crippen LogP contribution in [0.4, 0.5) is 0 Å². The first-order valence-corrected chi connectivity index (χ1v) is 5.58. The monoisotopic (exact) mass is 188 g/mol. The molecule has 0 spiro atoms. The number of nitrogens with zero attached hydrogens (tertiary/aromatic N) is 1. The van der Waals surface area contributed by atoms with E-state index in [1.807, 2.05) is 12.4 Å². The average Bonchev–Trinajstić information content (AvgIpc) is 2.59. The Bertz CT molecular complexity index is 297. The second-order valence-corrected chi connectivity index (χ2v) is 4.59. The highest BCUT2D eigenvalue weighted by molar-refractivity contribution is 5.17. The lowest BCUT2D eigenvalue weighted by molar-refractivity contribution is 0.363. The first-order chi connectivity index (χ1) is 6.92. The van der Waals surface area contributed by atoms with Gasteiger partial charge < -0.3 is 5.32 Å². The van der Waals surface area contributed by atoms with E-state index >= 15 is 0 Å². The van der Waals surface area contributed by atoms with Gasteiger partial charge in [0.1, 0.15) is 0 Å². The Kier molecular flexibility index (Phi) is 2.02. The van der Waals surface area contributed by atoms with E-state index in [1.165, 1.54) is 31.2 Å². The summed E-state index contributed by atoms with van der Waals surface area (Å²) in [6, 6.07) is 5.83. The summed E-state index contributed by atoms with van der Waals surface area (Å²) in [5.41, 5.74) is 1.44. The van der Waals surface area contributed by atoms with Crippen LogP contribution in [-0.4, -0.2) is 17.1 Å². The van der Waals surface area contributed by atoms with Crippen LogP contribution in [0.25, 0.3) is 0 Å². The molecule has 1 aromatic rings. The Morgan fingerprint density at radius 3 is 2.64 bits per heavy atom. The van der Waals surface area contributed by atoms with E-state index in [4.69, 9.17) is 0 Å². The summed E-state index contributed by atoms with van der Waals surface area (Å²) in [6.07, 6.45) is 9.27. The molecule has 2 bridgehead atoms. The zero-order chi connectivity index (χ0) is 9.38. The number of piperidine rings is 1. The SMILES string of the molecule is c1cncc([C@H]2C[C@H]3CC[C@@H](C2)N3)c1. The van der Waals surface area contributed by atoms with E-state index in [0.717, 1.165) is 18.0 Å².